The summed E-state index contributed by atoms with van der Waals surface area (Å²) in [5.41, 5.74) is 1.86. The number of hydrogen-bond donors (Lipinski definition) is 0. The van der Waals surface area contributed by atoms with Crippen molar-refractivity contribution in [2.75, 3.05) is 13.1 Å². The van der Waals surface area contributed by atoms with E-state index in [1.54, 1.807) is 11.8 Å². The van der Waals surface area contributed by atoms with Gasteiger partial charge in [0.25, 0.3) is 0 Å². The molecule has 0 aliphatic carbocycles. The van der Waals surface area contributed by atoms with E-state index in [9.17, 15) is 19.2 Å². The fraction of sp³-hybridized carbons (Fsp3) is 0.238. The van der Waals surface area contributed by atoms with Crippen molar-refractivity contribution in [2.45, 2.75) is 20.0 Å². The summed E-state index contributed by atoms with van der Waals surface area (Å²) in [6.45, 7) is 1.89. The molecule has 1 aliphatic heterocycles. The van der Waals surface area contributed by atoms with E-state index in [2.05, 4.69) is 0 Å². The van der Waals surface area contributed by atoms with E-state index in [1.165, 1.54) is 0 Å². The number of rotatable bonds is 7. The molecule has 7 nitrogen and oxygen atoms in total. The lowest BCUT2D eigenvalue weighted by Gasteiger charge is -2.25. The first-order chi connectivity index (χ1) is 13.5. The quantitative estimate of drug-likeness (QED) is 0.545. The van der Waals surface area contributed by atoms with Gasteiger partial charge >= 0.3 is 17.8 Å². The zero-order valence-electron chi connectivity index (χ0n) is 15.6. The second-order valence-electron chi connectivity index (χ2n) is 6.44. The Morgan fingerprint density at radius 3 is 1.68 bits per heavy atom. The van der Waals surface area contributed by atoms with Gasteiger partial charge in [-0.05, 0) is 18.1 Å². The molecule has 0 spiro atoms. The molecule has 0 unspecified atom stereocenters. The highest BCUT2D eigenvalue weighted by Gasteiger charge is 2.44. The molecule has 144 valence electrons. The lowest BCUT2D eigenvalue weighted by molar-refractivity contribution is -0.145. The number of hydrogen-bond acceptors (Lipinski definition) is 4. The van der Waals surface area contributed by atoms with Crippen LogP contribution in [0, 0.1) is 0 Å². The van der Waals surface area contributed by atoms with Crippen molar-refractivity contribution >= 4 is 23.8 Å². The van der Waals surface area contributed by atoms with E-state index in [1.807, 2.05) is 60.7 Å². The topological polar surface area (TPSA) is 78.0 Å². The van der Waals surface area contributed by atoms with Crippen LogP contribution in [0.15, 0.2) is 60.7 Å². The van der Waals surface area contributed by atoms with Crippen molar-refractivity contribution in [1.29, 1.82) is 0 Å². The minimum atomic E-state index is -0.959. The summed E-state index contributed by atoms with van der Waals surface area (Å²) in [7, 11) is 0. The normalized spacial score (nSPS) is 14.0. The van der Waals surface area contributed by atoms with E-state index in [0.29, 0.717) is 13.1 Å². The van der Waals surface area contributed by atoms with Crippen molar-refractivity contribution in [1.82, 2.24) is 14.7 Å². The van der Waals surface area contributed by atoms with Crippen LogP contribution in [0.2, 0.25) is 0 Å². The number of imide groups is 2. The van der Waals surface area contributed by atoms with Gasteiger partial charge in [0.15, 0.2) is 0 Å². The molecule has 0 bridgehead atoms. The third-order valence-corrected chi connectivity index (χ3v) is 4.53. The summed E-state index contributed by atoms with van der Waals surface area (Å²) in [5.74, 6) is -2.25. The lowest BCUT2D eigenvalue weighted by Crippen LogP contribution is -2.43. The predicted octanol–water partition coefficient (Wildman–Crippen LogP) is 2.03. The zero-order chi connectivity index (χ0) is 20.1. The number of nitrogens with zero attached hydrogens (tertiary/aromatic N) is 3. The van der Waals surface area contributed by atoms with Crippen molar-refractivity contribution in [2.24, 2.45) is 0 Å². The van der Waals surface area contributed by atoms with Crippen LogP contribution in [-0.2, 0) is 27.5 Å². The average molecular weight is 379 g/mol. The van der Waals surface area contributed by atoms with Gasteiger partial charge in [-0.25, -0.2) is 9.69 Å². The van der Waals surface area contributed by atoms with E-state index >= 15 is 0 Å². The largest absolute Gasteiger partial charge is 0.334 e. The Labute approximate surface area is 163 Å². The summed E-state index contributed by atoms with van der Waals surface area (Å²) in [5, 5.41) is 0. The fourth-order valence-corrected chi connectivity index (χ4v) is 3.04. The second kappa shape index (κ2) is 8.47. The van der Waals surface area contributed by atoms with Crippen LogP contribution in [0.1, 0.15) is 18.1 Å². The SMILES string of the molecule is CCN1C(=O)C(=O)N(CC(=O)N(Cc2ccccc2)Cc2ccccc2)C1=O. The first-order valence-corrected chi connectivity index (χ1v) is 9.04. The van der Waals surface area contributed by atoms with Gasteiger partial charge in [-0.1, -0.05) is 60.7 Å². The standard InChI is InChI=1S/C21H21N3O4/c1-2-23-19(26)20(27)24(21(23)28)15-18(25)22(13-16-9-5-3-6-10-16)14-17-11-7-4-8-12-17/h3-12H,2,13-15H2,1H3. The predicted molar refractivity (Wildman–Crippen MR) is 102 cm³/mol. The Morgan fingerprint density at radius 1 is 0.786 bits per heavy atom. The minimum absolute atomic E-state index is 0.0891. The third-order valence-electron chi connectivity index (χ3n) is 4.53. The molecule has 0 aromatic heterocycles. The summed E-state index contributed by atoms with van der Waals surface area (Å²) >= 11 is 0. The maximum absolute atomic E-state index is 13.0. The second-order valence-corrected chi connectivity index (χ2v) is 6.44. The molecule has 28 heavy (non-hydrogen) atoms. The lowest BCUT2D eigenvalue weighted by atomic mass is 10.1. The van der Waals surface area contributed by atoms with Crippen LogP contribution in [0.3, 0.4) is 0 Å². The summed E-state index contributed by atoms with van der Waals surface area (Å²) in [6, 6.07) is 18.2. The van der Waals surface area contributed by atoms with Crippen molar-refractivity contribution in [3.05, 3.63) is 71.8 Å². The molecular formula is C21H21N3O4. The summed E-state index contributed by atoms with van der Waals surface area (Å²) < 4.78 is 0. The highest BCUT2D eigenvalue weighted by Crippen LogP contribution is 2.15. The number of carbonyl (C=O) groups excluding carboxylic acids is 4. The molecule has 1 aliphatic rings. The van der Waals surface area contributed by atoms with Crippen molar-refractivity contribution in [3.8, 4) is 0 Å². The van der Waals surface area contributed by atoms with E-state index in [4.69, 9.17) is 0 Å². The van der Waals surface area contributed by atoms with Gasteiger partial charge in [0, 0.05) is 19.6 Å². The molecule has 5 amide bonds. The van der Waals surface area contributed by atoms with Crippen LogP contribution in [0.25, 0.3) is 0 Å². The van der Waals surface area contributed by atoms with Gasteiger partial charge in [-0.15, -0.1) is 0 Å². The molecule has 1 saturated heterocycles. The van der Waals surface area contributed by atoms with Gasteiger partial charge in [0.2, 0.25) is 5.91 Å². The summed E-state index contributed by atoms with van der Waals surface area (Å²) in [4.78, 5) is 52.3. The Morgan fingerprint density at radius 2 is 1.25 bits per heavy atom. The number of carbonyl (C=O) groups is 4. The van der Waals surface area contributed by atoms with E-state index in [0.717, 1.165) is 20.9 Å². The van der Waals surface area contributed by atoms with Crippen molar-refractivity contribution in [3.63, 3.8) is 0 Å². The maximum atomic E-state index is 13.0. The van der Waals surface area contributed by atoms with Gasteiger partial charge in [0.1, 0.15) is 6.54 Å². The average Bonchev–Trinajstić information content (AvgIpc) is 2.92. The Balaban J connectivity index is 1.79. The number of benzene rings is 2. The maximum Gasteiger partial charge on any atom is 0.334 e. The highest BCUT2D eigenvalue weighted by atomic mass is 16.2. The molecule has 3 rings (SSSR count). The monoisotopic (exact) mass is 379 g/mol. The van der Waals surface area contributed by atoms with Crippen LogP contribution in [-0.4, -0.2) is 51.5 Å². The molecule has 0 atom stereocenters. The Bertz CT molecular complexity index is 842. The molecular weight excluding hydrogens is 358 g/mol. The first kappa shape index (κ1) is 19.3. The minimum Gasteiger partial charge on any atom is -0.332 e. The summed E-state index contributed by atoms with van der Waals surface area (Å²) in [6.07, 6.45) is 0. The molecule has 1 heterocycles. The van der Waals surface area contributed by atoms with Crippen LogP contribution >= 0.6 is 0 Å². The molecule has 2 aromatic carbocycles. The van der Waals surface area contributed by atoms with Gasteiger partial charge < -0.3 is 4.90 Å². The van der Waals surface area contributed by atoms with E-state index in [-0.39, 0.29) is 6.54 Å². The molecule has 0 saturated carbocycles. The third kappa shape index (κ3) is 4.09. The zero-order valence-corrected chi connectivity index (χ0v) is 15.6. The van der Waals surface area contributed by atoms with Crippen molar-refractivity contribution < 1.29 is 19.2 Å². The number of urea groups is 1. The van der Waals surface area contributed by atoms with Crippen LogP contribution < -0.4 is 0 Å². The van der Waals surface area contributed by atoms with Gasteiger partial charge in [0.05, 0.1) is 0 Å². The Kier molecular flexibility index (Phi) is 5.84. The number of likely N-dealkylation sites (N-methyl/N-ethyl adjacent to an activating group) is 1. The molecule has 2 aromatic rings. The van der Waals surface area contributed by atoms with Gasteiger partial charge in [-0.3, -0.25) is 19.3 Å². The highest BCUT2D eigenvalue weighted by molar-refractivity contribution is 6.45. The molecule has 0 radical (unpaired) electrons. The number of amides is 5. The smallest absolute Gasteiger partial charge is 0.332 e. The fourth-order valence-electron chi connectivity index (χ4n) is 3.04. The molecule has 0 N–H and O–H groups in total. The Hall–Kier alpha value is -3.48. The van der Waals surface area contributed by atoms with Crippen LogP contribution in [0.5, 0.6) is 0 Å². The van der Waals surface area contributed by atoms with Gasteiger partial charge in [-0.2, -0.15) is 0 Å². The van der Waals surface area contributed by atoms with E-state index < -0.39 is 30.3 Å². The molecule has 1 fully saturated rings. The molecule has 7 heteroatoms. The van der Waals surface area contributed by atoms with Crippen LogP contribution in [0.4, 0.5) is 4.79 Å². The first-order valence-electron chi connectivity index (χ1n) is 9.04.